The molecule has 0 unspecified atom stereocenters. The molecular formula is C15H14FN3. The molecule has 96 valence electrons. The van der Waals surface area contributed by atoms with Crippen LogP contribution < -0.4 is 5.73 Å². The molecule has 19 heavy (non-hydrogen) atoms. The summed E-state index contributed by atoms with van der Waals surface area (Å²) in [5.74, 6) is 0.696. The number of hydrogen-bond donors (Lipinski definition) is 1. The number of benzene rings is 1. The lowest BCUT2D eigenvalue weighted by Gasteiger charge is -2.07. The van der Waals surface area contributed by atoms with E-state index in [-0.39, 0.29) is 5.82 Å². The van der Waals surface area contributed by atoms with E-state index in [9.17, 15) is 4.39 Å². The minimum absolute atomic E-state index is 0.223. The highest BCUT2D eigenvalue weighted by molar-refractivity contribution is 5.48. The molecule has 0 atom stereocenters. The van der Waals surface area contributed by atoms with Crippen molar-refractivity contribution in [2.75, 3.05) is 0 Å². The summed E-state index contributed by atoms with van der Waals surface area (Å²) in [6, 6.07) is 12.5. The van der Waals surface area contributed by atoms with Crippen LogP contribution in [0.3, 0.4) is 0 Å². The molecule has 3 nitrogen and oxygen atoms in total. The molecule has 0 amide bonds. The first-order valence-corrected chi connectivity index (χ1v) is 6.16. The van der Waals surface area contributed by atoms with Crippen LogP contribution in [0.2, 0.25) is 0 Å². The molecule has 0 aliphatic heterocycles. The van der Waals surface area contributed by atoms with Gasteiger partial charge in [0.15, 0.2) is 0 Å². The van der Waals surface area contributed by atoms with Crippen LogP contribution in [0.1, 0.15) is 17.1 Å². The topological polar surface area (TPSA) is 43.3 Å². The summed E-state index contributed by atoms with van der Waals surface area (Å²) >= 11 is 0. The fourth-order valence-electron chi connectivity index (χ4n) is 2.26. The van der Waals surface area contributed by atoms with Crippen molar-refractivity contribution in [2.24, 2.45) is 5.73 Å². The van der Waals surface area contributed by atoms with Crippen molar-refractivity contribution in [1.29, 1.82) is 0 Å². The lowest BCUT2D eigenvalue weighted by atomic mass is 10.1. The Balaban J connectivity index is 2.03. The SMILES string of the molecule is NCc1cccc2cnc(Cc3ccc(F)cc3)n12. The average molecular weight is 255 g/mol. The fraction of sp³-hybridized carbons (Fsp3) is 0.133. The number of rotatable bonds is 3. The Hall–Kier alpha value is -2.20. The molecule has 0 aliphatic carbocycles. The van der Waals surface area contributed by atoms with E-state index >= 15 is 0 Å². The Morgan fingerprint density at radius 1 is 1.11 bits per heavy atom. The zero-order chi connectivity index (χ0) is 13.2. The van der Waals surface area contributed by atoms with E-state index in [1.54, 1.807) is 12.1 Å². The molecule has 0 spiro atoms. The first kappa shape index (κ1) is 11.9. The number of hydrogen-bond acceptors (Lipinski definition) is 2. The quantitative estimate of drug-likeness (QED) is 0.781. The summed E-state index contributed by atoms with van der Waals surface area (Å²) in [4.78, 5) is 4.44. The summed E-state index contributed by atoms with van der Waals surface area (Å²) in [6.45, 7) is 0.462. The highest BCUT2D eigenvalue weighted by atomic mass is 19.1. The van der Waals surface area contributed by atoms with Crippen molar-refractivity contribution in [2.45, 2.75) is 13.0 Å². The fourth-order valence-corrected chi connectivity index (χ4v) is 2.26. The number of nitrogens with two attached hydrogens (primary N) is 1. The Labute approximate surface area is 110 Å². The van der Waals surface area contributed by atoms with E-state index in [0.717, 1.165) is 22.6 Å². The molecule has 3 aromatic rings. The molecule has 0 aliphatic rings. The van der Waals surface area contributed by atoms with Gasteiger partial charge >= 0.3 is 0 Å². The number of imidazole rings is 1. The second-order valence-corrected chi connectivity index (χ2v) is 4.46. The lowest BCUT2D eigenvalue weighted by molar-refractivity contribution is 0.627. The van der Waals surface area contributed by atoms with E-state index in [4.69, 9.17) is 5.73 Å². The zero-order valence-corrected chi connectivity index (χ0v) is 10.4. The second kappa shape index (κ2) is 4.82. The maximum absolute atomic E-state index is 12.9. The molecule has 3 rings (SSSR count). The van der Waals surface area contributed by atoms with Gasteiger partial charge in [-0.1, -0.05) is 18.2 Å². The van der Waals surface area contributed by atoms with Crippen molar-refractivity contribution in [3.8, 4) is 0 Å². The summed E-state index contributed by atoms with van der Waals surface area (Å²) in [7, 11) is 0. The van der Waals surface area contributed by atoms with Gasteiger partial charge in [-0.25, -0.2) is 9.37 Å². The molecule has 0 fully saturated rings. The maximum atomic E-state index is 12.9. The van der Waals surface area contributed by atoms with Gasteiger partial charge < -0.3 is 5.73 Å². The van der Waals surface area contributed by atoms with Gasteiger partial charge in [-0.15, -0.1) is 0 Å². The minimum atomic E-state index is -0.223. The van der Waals surface area contributed by atoms with E-state index in [2.05, 4.69) is 9.38 Å². The van der Waals surface area contributed by atoms with Crippen LogP contribution in [0, 0.1) is 5.82 Å². The van der Waals surface area contributed by atoms with Crippen LogP contribution in [0.15, 0.2) is 48.7 Å². The smallest absolute Gasteiger partial charge is 0.123 e. The van der Waals surface area contributed by atoms with Gasteiger partial charge in [0.05, 0.1) is 11.7 Å². The molecule has 2 aromatic heterocycles. The Kier molecular flexibility index (Phi) is 3.01. The van der Waals surface area contributed by atoms with Gasteiger partial charge in [-0.05, 0) is 29.8 Å². The second-order valence-electron chi connectivity index (χ2n) is 4.46. The van der Waals surface area contributed by atoms with E-state index in [1.165, 1.54) is 12.1 Å². The van der Waals surface area contributed by atoms with Gasteiger partial charge in [0.2, 0.25) is 0 Å². The third kappa shape index (κ3) is 2.22. The third-order valence-electron chi connectivity index (χ3n) is 3.19. The lowest BCUT2D eigenvalue weighted by Crippen LogP contribution is -2.07. The number of halogens is 1. The summed E-state index contributed by atoms with van der Waals surface area (Å²) in [5.41, 5.74) is 8.84. The van der Waals surface area contributed by atoms with Gasteiger partial charge in [0.1, 0.15) is 11.6 Å². The Morgan fingerprint density at radius 2 is 1.89 bits per heavy atom. The predicted molar refractivity (Wildman–Crippen MR) is 72.3 cm³/mol. The zero-order valence-electron chi connectivity index (χ0n) is 10.4. The number of aromatic nitrogens is 2. The van der Waals surface area contributed by atoms with Crippen LogP contribution in [-0.2, 0) is 13.0 Å². The summed E-state index contributed by atoms with van der Waals surface area (Å²) in [5, 5.41) is 0. The maximum Gasteiger partial charge on any atom is 0.123 e. The Morgan fingerprint density at radius 3 is 2.63 bits per heavy atom. The molecule has 0 bridgehead atoms. The van der Waals surface area contributed by atoms with Crippen LogP contribution in [0.5, 0.6) is 0 Å². The van der Waals surface area contributed by atoms with Gasteiger partial charge in [0, 0.05) is 18.7 Å². The largest absolute Gasteiger partial charge is 0.325 e. The van der Waals surface area contributed by atoms with Gasteiger partial charge in [-0.2, -0.15) is 0 Å². The van der Waals surface area contributed by atoms with Crippen molar-refractivity contribution in [3.63, 3.8) is 0 Å². The normalized spacial score (nSPS) is 11.1. The van der Waals surface area contributed by atoms with Gasteiger partial charge in [0.25, 0.3) is 0 Å². The number of nitrogens with zero attached hydrogens (tertiary/aromatic N) is 2. The third-order valence-corrected chi connectivity index (χ3v) is 3.19. The van der Waals surface area contributed by atoms with Crippen molar-refractivity contribution < 1.29 is 4.39 Å². The molecule has 1 aromatic carbocycles. The highest BCUT2D eigenvalue weighted by Gasteiger charge is 2.07. The molecule has 0 saturated carbocycles. The molecule has 0 radical (unpaired) electrons. The molecule has 2 heterocycles. The van der Waals surface area contributed by atoms with Crippen molar-refractivity contribution in [1.82, 2.24) is 9.38 Å². The van der Waals surface area contributed by atoms with Crippen LogP contribution >= 0.6 is 0 Å². The number of fused-ring (bicyclic) bond motifs is 1. The van der Waals surface area contributed by atoms with Gasteiger partial charge in [-0.3, -0.25) is 4.40 Å². The minimum Gasteiger partial charge on any atom is -0.325 e. The standard InChI is InChI=1S/C15H14FN3/c16-12-6-4-11(5-7-12)8-15-18-10-14-3-1-2-13(9-17)19(14)15/h1-7,10H,8-9,17H2. The highest BCUT2D eigenvalue weighted by Crippen LogP contribution is 2.14. The van der Waals surface area contributed by atoms with Crippen LogP contribution in [0.25, 0.3) is 5.52 Å². The van der Waals surface area contributed by atoms with Crippen LogP contribution in [0.4, 0.5) is 4.39 Å². The Bertz CT molecular complexity index is 701. The first-order chi connectivity index (χ1) is 9.28. The molecule has 2 N–H and O–H groups in total. The molecule has 4 heteroatoms. The van der Waals surface area contributed by atoms with Crippen LogP contribution in [-0.4, -0.2) is 9.38 Å². The molecule has 0 saturated heterocycles. The van der Waals surface area contributed by atoms with E-state index in [1.807, 2.05) is 24.4 Å². The summed E-state index contributed by atoms with van der Waals surface area (Å²) in [6.07, 6.45) is 2.49. The monoisotopic (exact) mass is 255 g/mol. The number of pyridine rings is 1. The molecular weight excluding hydrogens is 241 g/mol. The predicted octanol–water partition coefficient (Wildman–Crippen LogP) is 2.52. The van der Waals surface area contributed by atoms with E-state index < -0.39 is 0 Å². The van der Waals surface area contributed by atoms with Crippen molar-refractivity contribution >= 4 is 5.52 Å². The average Bonchev–Trinajstić information content (AvgIpc) is 2.85. The van der Waals surface area contributed by atoms with E-state index in [0.29, 0.717) is 13.0 Å². The first-order valence-electron chi connectivity index (χ1n) is 6.16. The summed E-state index contributed by atoms with van der Waals surface area (Å²) < 4.78 is 15.0. The van der Waals surface area contributed by atoms with Crippen molar-refractivity contribution in [3.05, 3.63) is 71.6 Å².